The minimum Gasteiger partial charge on any atom is -0.428 e. The van der Waals surface area contributed by atoms with Crippen LogP contribution in [-0.2, 0) is 9.47 Å². The lowest BCUT2D eigenvalue weighted by atomic mass is 9.83. The predicted molar refractivity (Wildman–Crippen MR) is 145 cm³/mol. The molecule has 1 aromatic rings. The van der Waals surface area contributed by atoms with Crippen molar-refractivity contribution in [1.29, 1.82) is 0 Å². The fourth-order valence-electron chi connectivity index (χ4n) is 3.56. The molecule has 204 valence electrons. The topological polar surface area (TPSA) is 77.0 Å². The Kier molecular flexibility index (Phi) is 13.5. The number of benzene rings is 1. The number of aliphatic hydroxyl groups is 1. The number of rotatable bonds is 4. The van der Waals surface area contributed by atoms with E-state index in [9.17, 15) is 9.90 Å². The van der Waals surface area contributed by atoms with Crippen molar-refractivity contribution < 1.29 is 24.1 Å². The molecule has 0 aliphatic carbocycles. The van der Waals surface area contributed by atoms with E-state index in [2.05, 4.69) is 46.9 Å². The van der Waals surface area contributed by atoms with Gasteiger partial charge in [-0.05, 0) is 106 Å². The fraction of sp³-hybridized carbons (Fsp3) is 0.759. The van der Waals surface area contributed by atoms with E-state index < -0.39 is 17.9 Å². The molecule has 0 aromatic heterocycles. The minimum atomic E-state index is -0.753. The number of ether oxygens (including phenoxy) is 3. The summed E-state index contributed by atoms with van der Waals surface area (Å²) in [5.74, 6) is 0.363. The van der Waals surface area contributed by atoms with Gasteiger partial charge < -0.3 is 24.6 Å². The Balaban J connectivity index is 0.000000733. The Bertz CT molecular complexity index is 713. The van der Waals surface area contributed by atoms with Gasteiger partial charge in [0.1, 0.15) is 17.5 Å². The summed E-state index contributed by atoms with van der Waals surface area (Å²) < 4.78 is 15.7. The van der Waals surface area contributed by atoms with Gasteiger partial charge in [0.25, 0.3) is 0 Å². The smallest absolute Gasteiger partial charge is 0.428 e. The molecule has 6 nitrogen and oxygen atoms in total. The maximum Gasteiger partial charge on any atom is 0.514 e. The normalized spacial score (nSPS) is 17.6. The molecular weight excluding hydrogens is 442 g/mol. The van der Waals surface area contributed by atoms with Crippen molar-refractivity contribution in [3.8, 4) is 5.75 Å². The first-order chi connectivity index (χ1) is 15.8. The third-order valence-corrected chi connectivity index (χ3v) is 4.81. The maximum atomic E-state index is 11.5. The van der Waals surface area contributed by atoms with Gasteiger partial charge in [-0.1, -0.05) is 32.4 Å². The van der Waals surface area contributed by atoms with Crippen LogP contribution in [0, 0.1) is 0 Å². The van der Waals surface area contributed by atoms with Gasteiger partial charge in [0.2, 0.25) is 0 Å². The first kappa shape index (κ1) is 33.4. The van der Waals surface area contributed by atoms with Crippen LogP contribution in [0.3, 0.4) is 0 Å². The molecule has 1 atom stereocenters. The van der Waals surface area contributed by atoms with E-state index in [0.29, 0.717) is 22.4 Å². The number of piperidine rings is 1. The standard InChI is InChI=1S/C17H26O5.C9H19N.C3H8/c1-16(2,3)20-11-14(18)12-7-9-13(10-8-12)21-15(19)22-17(4,5)6;1-8(2)6-5-7-9(3,4)10-8;1-3-2/h7-10,14,18H,11H2,1-6H3;10H,5-7H2,1-4H3;3H2,1-2H3. The maximum absolute atomic E-state index is 11.5. The zero-order chi connectivity index (χ0) is 27.5. The second-order valence-corrected chi connectivity index (χ2v) is 12.5. The summed E-state index contributed by atoms with van der Waals surface area (Å²) in [6.07, 6.45) is 3.77. The van der Waals surface area contributed by atoms with Crippen molar-refractivity contribution in [3.05, 3.63) is 29.8 Å². The number of nitrogens with one attached hydrogen (secondary N) is 1. The largest absolute Gasteiger partial charge is 0.514 e. The molecule has 1 saturated heterocycles. The molecule has 1 heterocycles. The van der Waals surface area contributed by atoms with Gasteiger partial charge in [0.05, 0.1) is 12.2 Å². The lowest BCUT2D eigenvalue weighted by Gasteiger charge is -2.42. The number of hydrogen-bond acceptors (Lipinski definition) is 6. The Morgan fingerprint density at radius 3 is 1.74 bits per heavy atom. The molecule has 35 heavy (non-hydrogen) atoms. The second kappa shape index (κ2) is 14.2. The van der Waals surface area contributed by atoms with Crippen LogP contribution in [0.2, 0.25) is 0 Å². The summed E-state index contributed by atoms with van der Waals surface area (Å²) in [5.41, 5.74) is 0.516. The van der Waals surface area contributed by atoms with E-state index in [1.54, 1.807) is 45.0 Å². The van der Waals surface area contributed by atoms with Crippen LogP contribution in [0.1, 0.15) is 120 Å². The highest BCUT2D eigenvalue weighted by Gasteiger charge is 2.31. The van der Waals surface area contributed by atoms with Gasteiger partial charge in [0, 0.05) is 11.1 Å². The molecule has 0 radical (unpaired) electrons. The summed E-state index contributed by atoms with van der Waals surface area (Å²) in [5, 5.41) is 13.7. The highest BCUT2D eigenvalue weighted by atomic mass is 16.7. The first-order valence-electron chi connectivity index (χ1n) is 12.9. The van der Waals surface area contributed by atoms with Crippen molar-refractivity contribution in [1.82, 2.24) is 5.32 Å². The summed E-state index contributed by atoms with van der Waals surface area (Å²) in [6.45, 7) is 24.7. The lowest BCUT2D eigenvalue weighted by molar-refractivity contribution is -0.0496. The van der Waals surface area contributed by atoms with Crippen LogP contribution in [0.15, 0.2) is 24.3 Å². The Morgan fingerprint density at radius 1 is 0.943 bits per heavy atom. The van der Waals surface area contributed by atoms with E-state index in [0.717, 1.165) is 0 Å². The quantitative estimate of drug-likeness (QED) is 0.331. The zero-order valence-electron chi connectivity index (χ0n) is 24.5. The van der Waals surface area contributed by atoms with E-state index >= 15 is 0 Å². The summed E-state index contributed by atoms with van der Waals surface area (Å²) in [7, 11) is 0. The number of carbonyl (C=O) groups excluding carboxylic acids is 1. The van der Waals surface area contributed by atoms with Crippen LogP contribution >= 0.6 is 0 Å². The van der Waals surface area contributed by atoms with Crippen molar-refractivity contribution in [2.24, 2.45) is 0 Å². The minimum absolute atomic E-state index is 0.204. The third kappa shape index (κ3) is 17.4. The summed E-state index contributed by atoms with van der Waals surface area (Å²) >= 11 is 0. The van der Waals surface area contributed by atoms with Gasteiger partial charge in [-0.25, -0.2) is 4.79 Å². The molecule has 0 spiro atoms. The molecule has 1 fully saturated rings. The molecule has 2 rings (SSSR count). The average molecular weight is 496 g/mol. The van der Waals surface area contributed by atoms with E-state index in [4.69, 9.17) is 14.2 Å². The fourth-order valence-corrected chi connectivity index (χ4v) is 3.56. The predicted octanol–water partition coefficient (Wildman–Crippen LogP) is 7.58. The Hall–Kier alpha value is -1.63. The van der Waals surface area contributed by atoms with Crippen molar-refractivity contribution in [2.75, 3.05) is 6.61 Å². The monoisotopic (exact) mass is 495 g/mol. The molecule has 6 heteroatoms. The Labute approximate surface area is 215 Å². The van der Waals surface area contributed by atoms with Crippen LogP contribution in [0.25, 0.3) is 0 Å². The van der Waals surface area contributed by atoms with Gasteiger partial charge in [-0.15, -0.1) is 0 Å². The van der Waals surface area contributed by atoms with E-state index in [-0.39, 0.29) is 12.2 Å². The highest BCUT2D eigenvalue weighted by Crippen LogP contribution is 2.27. The van der Waals surface area contributed by atoms with Gasteiger partial charge in [-0.3, -0.25) is 0 Å². The average Bonchev–Trinajstić information content (AvgIpc) is 2.64. The SMILES string of the molecule is CC(C)(C)OCC(O)c1ccc(OC(=O)OC(C)(C)C)cc1.CC1(C)CCCC(C)(C)N1.CCC. The Morgan fingerprint density at radius 2 is 1.40 bits per heavy atom. The van der Waals surface area contributed by atoms with Gasteiger partial charge in [-0.2, -0.15) is 0 Å². The van der Waals surface area contributed by atoms with E-state index in [1.165, 1.54) is 25.7 Å². The molecule has 1 unspecified atom stereocenters. The van der Waals surface area contributed by atoms with Crippen LogP contribution in [-0.4, -0.2) is 40.1 Å². The van der Waals surface area contributed by atoms with Crippen LogP contribution < -0.4 is 10.1 Å². The molecule has 0 amide bonds. The molecule has 1 aliphatic heterocycles. The third-order valence-electron chi connectivity index (χ3n) is 4.81. The number of carbonyl (C=O) groups is 1. The van der Waals surface area contributed by atoms with Gasteiger partial charge in [0.15, 0.2) is 0 Å². The zero-order valence-corrected chi connectivity index (χ0v) is 24.5. The second-order valence-electron chi connectivity index (χ2n) is 12.5. The van der Waals surface area contributed by atoms with Crippen molar-refractivity contribution in [3.63, 3.8) is 0 Å². The van der Waals surface area contributed by atoms with Crippen LogP contribution in [0.4, 0.5) is 4.79 Å². The van der Waals surface area contributed by atoms with Crippen molar-refractivity contribution >= 4 is 6.16 Å². The summed E-state index contributed by atoms with van der Waals surface area (Å²) in [6, 6.07) is 6.60. The molecule has 1 aromatic carbocycles. The summed E-state index contributed by atoms with van der Waals surface area (Å²) in [4.78, 5) is 11.5. The molecule has 0 saturated carbocycles. The molecule has 1 aliphatic rings. The number of hydrogen-bond donors (Lipinski definition) is 2. The molecule has 2 N–H and O–H groups in total. The van der Waals surface area contributed by atoms with Crippen LogP contribution in [0.5, 0.6) is 5.75 Å². The first-order valence-corrected chi connectivity index (χ1v) is 12.9. The molecule has 0 bridgehead atoms. The molecular formula is C29H53NO5. The number of aliphatic hydroxyl groups excluding tert-OH is 1. The van der Waals surface area contributed by atoms with Gasteiger partial charge >= 0.3 is 6.16 Å². The lowest BCUT2D eigenvalue weighted by Crippen LogP contribution is -2.55. The highest BCUT2D eigenvalue weighted by molar-refractivity contribution is 5.64. The van der Waals surface area contributed by atoms with Crippen molar-refractivity contribution in [2.45, 2.75) is 137 Å². The van der Waals surface area contributed by atoms with E-state index in [1.807, 2.05) is 20.8 Å².